The lowest BCUT2D eigenvalue weighted by Crippen LogP contribution is -2.39. The lowest BCUT2D eigenvalue weighted by Gasteiger charge is -2.28. The SMILES string of the molecule is N#Cc1ccc(C(=O)N2CCCSC2=Nc2cccc(C(F)(F)F)c2)cc1. The van der Waals surface area contributed by atoms with Gasteiger partial charge in [-0.1, -0.05) is 17.8 Å². The highest BCUT2D eigenvalue weighted by molar-refractivity contribution is 8.13. The summed E-state index contributed by atoms with van der Waals surface area (Å²) in [6, 6.07) is 12.9. The van der Waals surface area contributed by atoms with Gasteiger partial charge < -0.3 is 0 Å². The molecule has 1 aliphatic rings. The Hall–Kier alpha value is -2.79. The zero-order valence-electron chi connectivity index (χ0n) is 14.0. The number of carbonyl (C=O) groups excluding carboxylic acids is 1. The fourth-order valence-electron chi connectivity index (χ4n) is 2.55. The summed E-state index contributed by atoms with van der Waals surface area (Å²) in [6.07, 6.45) is -3.69. The van der Waals surface area contributed by atoms with E-state index in [1.54, 1.807) is 24.3 Å². The number of halogens is 3. The van der Waals surface area contributed by atoms with Gasteiger partial charge in [-0.05, 0) is 48.9 Å². The number of rotatable bonds is 2. The van der Waals surface area contributed by atoms with E-state index in [0.717, 1.165) is 24.3 Å². The minimum Gasteiger partial charge on any atom is -0.287 e. The molecule has 0 saturated carbocycles. The van der Waals surface area contributed by atoms with Gasteiger partial charge in [0.2, 0.25) is 0 Å². The molecule has 0 N–H and O–H groups in total. The predicted molar refractivity (Wildman–Crippen MR) is 97.8 cm³/mol. The summed E-state index contributed by atoms with van der Waals surface area (Å²) < 4.78 is 38.7. The predicted octanol–water partition coefficient (Wildman–Crippen LogP) is 4.84. The molecule has 2 aromatic carbocycles. The summed E-state index contributed by atoms with van der Waals surface area (Å²) in [4.78, 5) is 18.5. The van der Waals surface area contributed by atoms with Crippen molar-refractivity contribution in [2.24, 2.45) is 4.99 Å². The third-order valence-electron chi connectivity index (χ3n) is 3.89. The quantitative estimate of drug-likeness (QED) is 0.738. The number of nitrogens with zero attached hydrogens (tertiary/aromatic N) is 3. The largest absolute Gasteiger partial charge is 0.416 e. The number of benzene rings is 2. The van der Waals surface area contributed by atoms with Crippen molar-refractivity contribution in [3.63, 3.8) is 0 Å². The van der Waals surface area contributed by atoms with Crippen molar-refractivity contribution < 1.29 is 18.0 Å². The molecule has 0 bridgehead atoms. The van der Waals surface area contributed by atoms with Crippen LogP contribution in [0.2, 0.25) is 0 Å². The Morgan fingerprint density at radius 3 is 2.59 bits per heavy atom. The maximum Gasteiger partial charge on any atom is 0.416 e. The molecule has 4 nitrogen and oxygen atoms in total. The van der Waals surface area contributed by atoms with Crippen molar-refractivity contribution in [3.05, 3.63) is 65.2 Å². The lowest BCUT2D eigenvalue weighted by molar-refractivity contribution is -0.137. The average molecular weight is 389 g/mol. The van der Waals surface area contributed by atoms with E-state index >= 15 is 0 Å². The number of amidine groups is 1. The van der Waals surface area contributed by atoms with E-state index in [4.69, 9.17) is 5.26 Å². The third-order valence-corrected chi connectivity index (χ3v) is 4.96. The number of thioether (sulfide) groups is 1. The van der Waals surface area contributed by atoms with Crippen molar-refractivity contribution in [2.75, 3.05) is 12.3 Å². The van der Waals surface area contributed by atoms with E-state index < -0.39 is 11.7 Å². The van der Waals surface area contributed by atoms with E-state index in [2.05, 4.69) is 4.99 Å². The van der Waals surface area contributed by atoms with Crippen LogP contribution in [-0.2, 0) is 6.18 Å². The molecule has 8 heteroatoms. The van der Waals surface area contributed by atoms with E-state index in [0.29, 0.717) is 22.8 Å². The van der Waals surface area contributed by atoms with Gasteiger partial charge in [0.05, 0.1) is 22.9 Å². The Morgan fingerprint density at radius 1 is 1.19 bits per heavy atom. The van der Waals surface area contributed by atoms with E-state index in [9.17, 15) is 18.0 Å². The second-order valence-electron chi connectivity index (χ2n) is 5.79. The number of hydrogen-bond donors (Lipinski definition) is 0. The molecule has 0 aromatic heterocycles. The van der Waals surface area contributed by atoms with Crippen LogP contribution in [0.3, 0.4) is 0 Å². The van der Waals surface area contributed by atoms with E-state index in [1.807, 2.05) is 6.07 Å². The molecule has 1 heterocycles. The van der Waals surface area contributed by atoms with Crippen LogP contribution in [0.5, 0.6) is 0 Å². The molecular weight excluding hydrogens is 375 g/mol. The second kappa shape index (κ2) is 7.84. The molecular formula is C19H14F3N3OS. The molecule has 2 aromatic rings. The molecule has 0 unspecified atom stereocenters. The number of nitriles is 1. The summed E-state index contributed by atoms with van der Waals surface area (Å²) in [5.74, 6) is 0.437. The Kier molecular flexibility index (Phi) is 5.51. The molecule has 3 rings (SSSR count). The average Bonchev–Trinajstić information content (AvgIpc) is 2.67. The normalized spacial score (nSPS) is 16.2. The van der Waals surface area contributed by atoms with Crippen LogP contribution in [0.1, 0.15) is 27.9 Å². The monoisotopic (exact) mass is 389 g/mol. The van der Waals surface area contributed by atoms with Crippen LogP contribution in [0.15, 0.2) is 53.5 Å². The zero-order valence-corrected chi connectivity index (χ0v) is 14.8. The molecule has 0 spiro atoms. The summed E-state index contributed by atoms with van der Waals surface area (Å²) in [7, 11) is 0. The Balaban J connectivity index is 1.90. The van der Waals surface area contributed by atoms with Gasteiger partial charge in [-0.3, -0.25) is 9.69 Å². The smallest absolute Gasteiger partial charge is 0.287 e. The van der Waals surface area contributed by atoms with Gasteiger partial charge >= 0.3 is 6.18 Å². The maximum absolute atomic E-state index is 12.9. The number of aliphatic imine (C=N–C) groups is 1. The van der Waals surface area contributed by atoms with Gasteiger partial charge in [0.15, 0.2) is 5.17 Å². The molecule has 1 amide bonds. The Labute approximate surface area is 158 Å². The molecule has 1 fully saturated rings. The number of amides is 1. The maximum atomic E-state index is 12.9. The summed E-state index contributed by atoms with van der Waals surface area (Å²) in [5.41, 5.74) is 0.202. The van der Waals surface area contributed by atoms with Gasteiger partial charge in [0.1, 0.15) is 0 Å². The van der Waals surface area contributed by atoms with Crippen molar-refractivity contribution in [3.8, 4) is 6.07 Å². The number of carbonyl (C=O) groups is 1. The Bertz CT molecular complexity index is 917. The summed E-state index contributed by atoms with van der Waals surface area (Å²) >= 11 is 1.33. The topological polar surface area (TPSA) is 56.5 Å². The van der Waals surface area contributed by atoms with Crippen molar-refractivity contribution in [1.29, 1.82) is 5.26 Å². The highest BCUT2D eigenvalue weighted by atomic mass is 32.2. The van der Waals surface area contributed by atoms with E-state index in [1.165, 1.54) is 28.8 Å². The minimum atomic E-state index is -4.45. The lowest BCUT2D eigenvalue weighted by atomic mass is 10.1. The highest BCUT2D eigenvalue weighted by Gasteiger charge is 2.31. The van der Waals surface area contributed by atoms with Gasteiger partial charge in [-0.15, -0.1) is 0 Å². The third kappa shape index (κ3) is 4.49. The van der Waals surface area contributed by atoms with Crippen molar-refractivity contribution in [1.82, 2.24) is 4.90 Å². The molecule has 1 saturated heterocycles. The number of hydrogen-bond acceptors (Lipinski definition) is 4. The molecule has 0 atom stereocenters. The summed E-state index contributed by atoms with van der Waals surface area (Å²) in [5, 5.41) is 9.22. The number of alkyl halides is 3. The first-order valence-corrected chi connectivity index (χ1v) is 9.08. The fraction of sp³-hybridized carbons (Fsp3) is 0.211. The molecule has 0 aliphatic carbocycles. The first-order chi connectivity index (χ1) is 12.9. The van der Waals surface area contributed by atoms with Crippen LogP contribution < -0.4 is 0 Å². The fourth-order valence-corrected chi connectivity index (χ4v) is 3.50. The van der Waals surface area contributed by atoms with E-state index in [-0.39, 0.29) is 11.6 Å². The van der Waals surface area contributed by atoms with Crippen molar-refractivity contribution in [2.45, 2.75) is 12.6 Å². The van der Waals surface area contributed by atoms with Crippen LogP contribution in [0.4, 0.5) is 18.9 Å². The first-order valence-electron chi connectivity index (χ1n) is 8.09. The van der Waals surface area contributed by atoms with Gasteiger partial charge in [-0.2, -0.15) is 18.4 Å². The van der Waals surface area contributed by atoms with Crippen LogP contribution in [0, 0.1) is 11.3 Å². The molecule has 27 heavy (non-hydrogen) atoms. The molecule has 0 radical (unpaired) electrons. The van der Waals surface area contributed by atoms with Crippen LogP contribution in [0.25, 0.3) is 0 Å². The molecule has 1 aliphatic heterocycles. The summed E-state index contributed by atoms with van der Waals surface area (Å²) in [6.45, 7) is 0.434. The highest BCUT2D eigenvalue weighted by Crippen LogP contribution is 2.32. The Morgan fingerprint density at radius 2 is 1.93 bits per heavy atom. The van der Waals surface area contributed by atoms with Gasteiger partial charge in [0, 0.05) is 17.9 Å². The van der Waals surface area contributed by atoms with Crippen LogP contribution >= 0.6 is 11.8 Å². The van der Waals surface area contributed by atoms with Gasteiger partial charge in [-0.25, -0.2) is 4.99 Å². The minimum absolute atomic E-state index is 0.145. The van der Waals surface area contributed by atoms with Crippen molar-refractivity contribution >= 4 is 28.5 Å². The standard InChI is InChI=1S/C19H14F3N3OS/c20-19(21,22)15-3-1-4-16(11-15)24-18-25(9-2-10-27-18)17(26)14-7-5-13(12-23)6-8-14/h1,3-8,11H,2,9-10H2. The first kappa shape index (κ1) is 19.0. The van der Waals surface area contributed by atoms with Crippen LogP contribution in [-0.4, -0.2) is 28.3 Å². The molecule has 138 valence electrons. The second-order valence-corrected chi connectivity index (χ2v) is 6.85. The zero-order chi connectivity index (χ0) is 19.4. The van der Waals surface area contributed by atoms with Gasteiger partial charge in [0.25, 0.3) is 5.91 Å².